The highest BCUT2D eigenvalue weighted by Gasteiger charge is 2.37. The van der Waals surface area contributed by atoms with E-state index in [-0.39, 0.29) is 0 Å². The number of hydrogen-bond acceptors (Lipinski definition) is 2. The van der Waals surface area contributed by atoms with Gasteiger partial charge in [0.25, 0.3) is 0 Å². The van der Waals surface area contributed by atoms with Crippen LogP contribution in [0.2, 0.25) is 0 Å². The molecular formula is C9H12N2O. The second kappa shape index (κ2) is 2.44. The summed E-state index contributed by atoms with van der Waals surface area (Å²) in [5.41, 5.74) is 1.87. The molecule has 1 fully saturated rings. The van der Waals surface area contributed by atoms with Gasteiger partial charge in [-0.05, 0) is 12.3 Å². The quantitative estimate of drug-likeness (QED) is 0.618. The first-order valence-corrected chi connectivity index (χ1v) is 4.21. The molecule has 0 saturated heterocycles. The van der Waals surface area contributed by atoms with Crippen LogP contribution in [0.4, 0.5) is 0 Å². The molecule has 0 aromatic carbocycles. The molecular weight excluding hydrogens is 152 g/mol. The summed E-state index contributed by atoms with van der Waals surface area (Å²) >= 11 is 0. The summed E-state index contributed by atoms with van der Waals surface area (Å²) in [6.45, 7) is 2.20. The predicted molar refractivity (Wildman–Crippen MR) is 45.1 cm³/mol. The Kier molecular flexibility index (Phi) is 1.53. The van der Waals surface area contributed by atoms with E-state index in [1.54, 1.807) is 6.20 Å². The van der Waals surface area contributed by atoms with Gasteiger partial charge in [0.15, 0.2) is 6.29 Å². The van der Waals surface area contributed by atoms with Crippen molar-refractivity contribution in [1.82, 2.24) is 9.78 Å². The van der Waals surface area contributed by atoms with Gasteiger partial charge in [0, 0.05) is 13.0 Å². The van der Waals surface area contributed by atoms with Gasteiger partial charge >= 0.3 is 0 Å². The Labute approximate surface area is 71.4 Å². The molecule has 0 amide bonds. The number of rotatable bonds is 2. The highest BCUT2D eigenvalue weighted by molar-refractivity contribution is 5.76. The predicted octanol–water partition coefficient (Wildman–Crippen LogP) is 1.36. The largest absolute Gasteiger partial charge is 0.298 e. The summed E-state index contributed by atoms with van der Waals surface area (Å²) in [5.74, 6) is 1.29. The van der Waals surface area contributed by atoms with E-state index in [1.165, 1.54) is 6.42 Å². The van der Waals surface area contributed by atoms with E-state index >= 15 is 0 Å². The van der Waals surface area contributed by atoms with Gasteiger partial charge in [0.05, 0.1) is 17.5 Å². The second-order valence-electron chi connectivity index (χ2n) is 3.55. The summed E-state index contributed by atoms with van der Waals surface area (Å²) in [6.07, 6.45) is 3.74. The molecule has 0 radical (unpaired) electrons. The zero-order valence-corrected chi connectivity index (χ0v) is 7.32. The minimum atomic E-state index is 0.567. The van der Waals surface area contributed by atoms with Crippen molar-refractivity contribution in [2.45, 2.75) is 19.3 Å². The monoisotopic (exact) mass is 164 g/mol. The fourth-order valence-corrected chi connectivity index (χ4v) is 1.71. The number of aldehydes is 1. The fraction of sp³-hybridized carbons (Fsp3) is 0.556. The lowest BCUT2D eigenvalue weighted by Gasteiger charge is -1.99. The van der Waals surface area contributed by atoms with Crippen molar-refractivity contribution in [3.8, 4) is 0 Å². The Bertz CT molecular complexity index is 316. The van der Waals surface area contributed by atoms with E-state index in [0.717, 1.165) is 23.5 Å². The van der Waals surface area contributed by atoms with Crippen LogP contribution in [0.3, 0.4) is 0 Å². The molecule has 64 valence electrons. The lowest BCUT2D eigenvalue weighted by molar-refractivity contribution is 0.112. The van der Waals surface area contributed by atoms with Crippen molar-refractivity contribution >= 4 is 6.29 Å². The molecule has 1 aromatic heterocycles. The van der Waals surface area contributed by atoms with Gasteiger partial charge in [-0.2, -0.15) is 5.10 Å². The minimum Gasteiger partial charge on any atom is -0.298 e. The van der Waals surface area contributed by atoms with Gasteiger partial charge in [-0.1, -0.05) is 6.92 Å². The average Bonchev–Trinajstić information content (AvgIpc) is 2.62. The van der Waals surface area contributed by atoms with Crippen LogP contribution in [0.25, 0.3) is 0 Å². The molecule has 3 nitrogen and oxygen atoms in total. The lowest BCUT2D eigenvalue weighted by atomic mass is 10.1. The maximum atomic E-state index is 10.6. The van der Waals surface area contributed by atoms with E-state index in [4.69, 9.17) is 0 Å². The van der Waals surface area contributed by atoms with Crippen LogP contribution in [0.15, 0.2) is 6.20 Å². The van der Waals surface area contributed by atoms with E-state index in [1.807, 2.05) is 11.7 Å². The van der Waals surface area contributed by atoms with Crippen LogP contribution in [-0.2, 0) is 7.05 Å². The summed E-state index contributed by atoms with van der Waals surface area (Å²) in [6, 6.07) is 0. The molecule has 1 saturated carbocycles. The Morgan fingerprint density at radius 2 is 2.42 bits per heavy atom. The van der Waals surface area contributed by atoms with Gasteiger partial charge in [-0.15, -0.1) is 0 Å². The van der Waals surface area contributed by atoms with Crippen molar-refractivity contribution in [3.63, 3.8) is 0 Å². The number of carbonyl (C=O) groups excluding carboxylic acids is 1. The maximum absolute atomic E-state index is 10.6. The third-order valence-electron chi connectivity index (χ3n) is 2.60. The van der Waals surface area contributed by atoms with E-state index in [0.29, 0.717) is 5.92 Å². The van der Waals surface area contributed by atoms with Crippen LogP contribution in [0.1, 0.15) is 35.3 Å². The topological polar surface area (TPSA) is 34.9 Å². The first-order chi connectivity index (χ1) is 5.74. The smallest absolute Gasteiger partial charge is 0.153 e. The van der Waals surface area contributed by atoms with Gasteiger partial charge in [0.1, 0.15) is 0 Å². The maximum Gasteiger partial charge on any atom is 0.153 e. The molecule has 2 atom stereocenters. The normalized spacial score (nSPS) is 27.2. The minimum absolute atomic E-state index is 0.567. The van der Waals surface area contributed by atoms with E-state index < -0.39 is 0 Å². The van der Waals surface area contributed by atoms with Gasteiger partial charge in [-0.3, -0.25) is 9.48 Å². The Morgan fingerprint density at radius 1 is 1.75 bits per heavy atom. The third-order valence-corrected chi connectivity index (χ3v) is 2.60. The summed E-state index contributed by atoms with van der Waals surface area (Å²) < 4.78 is 1.82. The number of aromatic nitrogens is 2. The first kappa shape index (κ1) is 7.53. The molecule has 0 unspecified atom stereocenters. The number of carbonyl (C=O) groups is 1. The van der Waals surface area contributed by atoms with Crippen LogP contribution in [0, 0.1) is 5.92 Å². The van der Waals surface area contributed by atoms with Crippen LogP contribution >= 0.6 is 0 Å². The van der Waals surface area contributed by atoms with Crippen LogP contribution in [0.5, 0.6) is 0 Å². The molecule has 1 aliphatic carbocycles. The van der Waals surface area contributed by atoms with Crippen LogP contribution < -0.4 is 0 Å². The van der Waals surface area contributed by atoms with Crippen molar-refractivity contribution < 1.29 is 4.79 Å². The summed E-state index contributed by atoms with van der Waals surface area (Å²) in [4.78, 5) is 10.6. The Morgan fingerprint density at radius 3 is 2.92 bits per heavy atom. The molecule has 0 spiro atoms. The van der Waals surface area contributed by atoms with Crippen molar-refractivity contribution in [1.29, 1.82) is 0 Å². The molecule has 12 heavy (non-hydrogen) atoms. The second-order valence-corrected chi connectivity index (χ2v) is 3.55. The van der Waals surface area contributed by atoms with Gasteiger partial charge in [-0.25, -0.2) is 0 Å². The molecule has 3 heteroatoms. The highest BCUT2D eigenvalue weighted by Crippen LogP contribution is 2.47. The molecule has 0 bridgehead atoms. The molecule has 1 aromatic rings. The SMILES string of the molecule is C[C@H]1C[C@H]1c1c(C=O)cnn1C. The zero-order valence-electron chi connectivity index (χ0n) is 7.32. The number of hydrogen-bond donors (Lipinski definition) is 0. The van der Waals surface area contributed by atoms with Crippen molar-refractivity contribution in [2.75, 3.05) is 0 Å². The number of aryl methyl sites for hydroxylation is 1. The van der Waals surface area contributed by atoms with Gasteiger partial charge in [0.2, 0.25) is 0 Å². The van der Waals surface area contributed by atoms with Crippen LogP contribution in [-0.4, -0.2) is 16.1 Å². The van der Waals surface area contributed by atoms with Crippen molar-refractivity contribution in [3.05, 3.63) is 17.5 Å². The lowest BCUT2D eigenvalue weighted by Crippen LogP contribution is -1.98. The molecule has 0 aliphatic heterocycles. The van der Waals surface area contributed by atoms with Crippen molar-refractivity contribution in [2.24, 2.45) is 13.0 Å². The molecule has 1 heterocycles. The fourth-order valence-electron chi connectivity index (χ4n) is 1.71. The number of nitrogens with zero attached hydrogens (tertiary/aromatic N) is 2. The van der Waals surface area contributed by atoms with E-state index in [2.05, 4.69) is 12.0 Å². The highest BCUT2D eigenvalue weighted by atomic mass is 16.1. The Balaban J connectivity index is 2.39. The van der Waals surface area contributed by atoms with E-state index in [9.17, 15) is 4.79 Å². The summed E-state index contributed by atoms with van der Waals surface area (Å²) in [5, 5.41) is 4.07. The third kappa shape index (κ3) is 0.967. The standard InChI is InChI=1S/C9H12N2O/c1-6-3-8(6)9-7(5-12)4-10-11(9)2/h4-6,8H,3H2,1-2H3/t6-,8+/m0/s1. The first-order valence-electron chi connectivity index (χ1n) is 4.21. The zero-order chi connectivity index (χ0) is 8.72. The summed E-state index contributed by atoms with van der Waals surface area (Å²) in [7, 11) is 1.90. The van der Waals surface area contributed by atoms with Gasteiger partial charge < -0.3 is 0 Å². The molecule has 2 rings (SSSR count). The molecule has 0 N–H and O–H groups in total. The molecule has 1 aliphatic rings. The average molecular weight is 164 g/mol. The Hall–Kier alpha value is -1.12.